The molecule has 1 fully saturated rings. The second kappa shape index (κ2) is 11.6. The van der Waals surface area contributed by atoms with Crippen LogP contribution in [-0.2, 0) is 9.59 Å². The van der Waals surface area contributed by atoms with Gasteiger partial charge in [0.25, 0.3) is 0 Å². The number of thiocarbonyl (C=S) groups is 1. The van der Waals surface area contributed by atoms with Crippen molar-refractivity contribution in [3.05, 3.63) is 66.1 Å². The number of hydrogen-bond donors (Lipinski definition) is 2. The predicted molar refractivity (Wildman–Crippen MR) is 179 cm³/mol. The molecular formula is C29H35B2N5O2P2S. The van der Waals surface area contributed by atoms with Crippen molar-refractivity contribution < 1.29 is 9.53 Å². The van der Waals surface area contributed by atoms with Gasteiger partial charge in [-0.1, -0.05) is 32.6 Å². The number of nitrogens with zero attached hydrogens (tertiary/aromatic N) is 3. The highest BCUT2D eigenvalue weighted by Gasteiger charge is 2.36. The van der Waals surface area contributed by atoms with Crippen LogP contribution in [0.3, 0.4) is 0 Å². The average molecular weight is 601 g/mol. The summed E-state index contributed by atoms with van der Waals surface area (Å²) in [6, 6.07) is 9.70. The van der Waals surface area contributed by atoms with E-state index >= 15 is 0 Å². The van der Waals surface area contributed by atoms with Gasteiger partial charge in [-0.15, -0.1) is 23.6 Å². The molecule has 3 aromatic rings. The van der Waals surface area contributed by atoms with Crippen LogP contribution >= 0.6 is 30.7 Å². The third-order valence-electron chi connectivity index (χ3n) is 7.57. The SMILES string of the molecule is [B]C(P)(P)c1cncc(-n2nc(NC(=O)[C@H]3CNC(=C)C3C=S)cc2-c2cc(C)cc(OC(C)(C)C([B])(C)C)c2)c1. The number of rotatable bonds is 9. The molecule has 2 N–H and O–H groups in total. The number of aromatic nitrogens is 3. The number of amides is 1. The molecule has 1 amide bonds. The summed E-state index contributed by atoms with van der Waals surface area (Å²) in [6.07, 6.45) is 3.41. The minimum absolute atomic E-state index is 0.193. The molecule has 3 heterocycles. The van der Waals surface area contributed by atoms with Gasteiger partial charge in [-0.05, 0) is 71.6 Å². The number of carbonyl (C=O) groups excluding carboxylic acids is 1. The number of hydrogen-bond acceptors (Lipinski definition) is 6. The molecule has 4 rings (SSSR count). The highest BCUT2D eigenvalue weighted by molar-refractivity contribution is 7.79. The number of aryl methyl sites for hydroxylation is 1. The van der Waals surface area contributed by atoms with Gasteiger partial charge >= 0.3 is 0 Å². The van der Waals surface area contributed by atoms with Gasteiger partial charge in [-0.25, -0.2) is 4.68 Å². The van der Waals surface area contributed by atoms with Crippen molar-refractivity contribution in [3.8, 4) is 22.7 Å². The van der Waals surface area contributed by atoms with Gasteiger partial charge in [-0.2, -0.15) is 0 Å². The molecule has 1 saturated heterocycles. The molecule has 0 aliphatic carbocycles. The van der Waals surface area contributed by atoms with Gasteiger partial charge in [0.1, 0.15) is 11.4 Å². The zero-order valence-electron chi connectivity index (χ0n) is 24.1. The zero-order chi connectivity index (χ0) is 30.3. The number of pyridine rings is 1. The van der Waals surface area contributed by atoms with Crippen molar-refractivity contribution >= 4 is 63.5 Å². The summed E-state index contributed by atoms with van der Waals surface area (Å²) in [5.41, 5.74) is 4.11. The molecular weight excluding hydrogens is 566 g/mol. The van der Waals surface area contributed by atoms with Crippen LogP contribution in [0.2, 0.25) is 5.31 Å². The fourth-order valence-corrected chi connectivity index (χ4v) is 5.06. The number of anilines is 1. The quantitative estimate of drug-likeness (QED) is 0.202. The molecule has 0 saturated carbocycles. The first-order valence-corrected chi connectivity index (χ1v) is 14.8. The van der Waals surface area contributed by atoms with E-state index in [2.05, 4.69) is 40.7 Å². The lowest BCUT2D eigenvalue weighted by atomic mass is 9.62. The van der Waals surface area contributed by atoms with E-state index in [-0.39, 0.29) is 17.7 Å². The second-order valence-electron chi connectivity index (χ2n) is 11.7. The lowest BCUT2D eigenvalue weighted by Crippen LogP contribution is -2.39. The minimum atomic E-state index is -0.772. The van der Waals surface area contributed by atoms with E-state index < -0.39 is 15.7 Å². The summed E-state index contributed by atoms with van der Waals surface area (Å²) in [6.45, 7) is 14.2. The summed E-state index contributed by atoms with van der Waals surface area (Å²) in [4.78, 5) is 16.9. The zero-order valence-corrected chi connectivity index (χ0v) is 27.2. The summed E-state index contributed by atoms with van der Waals surface area (Å²) < 4.78 is 8.15. The van der Waals surface area contributed by atoms with E-state index in [0.717, 1.165) is 28.1 Å². The van der Waals surface area contributed by atoms with E-state index in [0.29, 0.717) is 23.8 Å². The molecule has 0 bridgehead atoms. The number of ether oxygens (including phenoxy) is 1. The molecule has 4 radical (unpaired) electrons. The average Bonchev–Trinajstić information content (AvgIpc) is 3.45. The molecule has 12 heteroatoms. The molecule has 1 aromatic carbocycles. The van der Waals surface area contributed by atoms with E-state index in [4.69, 9.17) is 37.7 Å². The smallest absolute Gasteiger partial charge is 0.231 e. The van der Waals surface area contributed by atoms with Gasteiger partial charge in [-0.3, -0.25) is 9.78 Å². The Bertz CT molecular complexity index is 1500. The summed E-state index contributed by atoms with van der Waals surface area (Å²) >= 11 is 5.16. The molecule has 41 heavy (non-hydrogen) atoms. The van der Waals surface area contributed by atoms with E-state index in [1.165, 1.54) is 0 Å². The van der Waals surface area contributed by atoms with Gasteiger partial charge in [0.15, 0.2) is 5.82 Å². The molecule has 210 valence electrons. The van der Waals surface area contributed by atoms with Crippen LogP contribution in [0.15, 0.2) is 55.0 Å². The molecule has 7 nitrogen and oxygen atoms in total. The predicted octanol–water partition coefficient (Wildman–Crippen LogP) is 5.08. The topological polar surface area (TPSA) is 81.1 Å². The standard InChI is InChI=1S/C29H35B2N5O2P2S/c1-16-7-18(9-21(8-16)38-28(5,6)27(3,4)30)24-11-25(34-26(37)22-14-33-17(2)23(22)15-41)35-36(24)20-10-19(12-32-13-20)29(31,39)40/h7-13,15,22-23,33H,2,14,39-40H2,1,3-6H3,(H,34,35,37)/t22-,23?/m0/s1. The summed E-state index contributed by atoms with van der Waals surface area (Å²) in [5.74, 6) is 0.247. The second-order valence-corrected chi connectivity index (χ2v) is 14.6. The van der Waals surface area contributed by atoms with Crippen molar-refractivity contribution in [1.29, 1.82) is 0 Å². The summed E-state index contributed by atoms with van der Waals surface area (Å²) in [7, 11) is 17.9. The third-order valence-corrected chi connectivity index (χ3v) is 8.53. The molecule has 1 aliphatic heterocycles. The Morgan fingerprint density at radius 1 is 1.20 bits per heavy atom. The van der Waals surface area contributed by atoms with Gasteiger partial charge < -0.3 is 15.4 Å². The lowest BCUT2D eigenvalue weighted by molar-refractivity contribution is -0.119. The Labute approximate surface area is 255 Å². The van der Waals surface area contributed by atoms with E-state index in [1.807, 2.05) is 65.0 Å². The van der Waals surface area contributed by atoms with E-state index in [1.54, 1.807) is 22.4 Å². The van der Waals surface area contributed by atoms with Gasteiger partial charge in [0.05, 0.1) is 39.2 Å². The van der Waals surface area contributed by atoms with Crippen LogP contribution in [0, 0.1) is 18.8 Å². The number of nitrogens with one attached hydrogen (secondary N) is 2. The van der Waals surface area contributed by atoms with Crippen molar-refractivity contribution in [2.24, 2.45) is 11.8 Å². The molecule has 4 atom stereocenters. The van der Waals surface area contributed by atoms with Crippen LogP contribution in [-0.4, -0.2) is 53.9 Å². The Morgan fingerprint density at radius 2 is 1.90 bits per heavy atom. The maximum atomic E-state index is 13.3. The fourth-order valence-electron chi connectivity index (χ4n) is 4.39. The number of benzene rings is 1. The minimum Gasteiger partial charge on any atom is -0.488 e. The Kier molecular flexibility index (Phi) is 8.91. The number of allylic oxidation sites excluding steroid dienone is 1. The Morgan fingerprint density at radius 3 is 2.54 bits per heavy atom. The van der Waals surface area contributed by atoms with Crippen molar-refractivity contribution in [2.75, 3.05) is 11.9 Å². The first kappa shape index (κ1) is 31.4. The van der Waals surface area contributed by atoms with Gasteiger partial charge in [0, 0.05) is 36.0 Å². The van der Waals surface area contributed by atoms with Crippen molar-refractivity contribution in [2.45, 2.75) is 50.3 Å². The number of carbonyl (C=O) groups is 1. The highest BCUT2D eigenvalue weighted by Crippen LogP contribution is 2.40. The Balaban J connectivity index is 1.80. The lowest BCUT2D eigenvalue weighted by Gasteiger charge is -2.39. The first-order chi connectivity index (χ1) is 19.0. The largest absolute Gasteiger partial charge is 0.488 e. The summed E-state index contributed by atoms with van der Waals surface area (Å²) in [5, 5.41) is 11.9. The van der Waals surface area contributed by atoms with Crippen molar-refractivity contribution in [3.63, 3.8) is 0 Å². The maximum Gasteiger partial charge on any atom is 0.231 e. The normalized spacial score (nSPS) is 17.7. The third kappa shape index (κ3) is 6.93. The first-order valence-electron chi connectivity index (χ1n) is 13.2. The van der Waals surface area contributed by atoms with Crippen LogP contribution in [0.5, 0.6) is 5.75 Å². The monoisotopic (exact) mass is 601 g/mol. The van der Waals surface area contributed by atoms with Crippen LogP contribution in [0.4, 0.5) is 5.82 Å². The Hall–Kier alpha value is -2.53. The molecule has 3 unspecified atom stereocenters. The highest BCUT2D eigenvalue weighted by atomic mass is 32.1. The van der Waals surface area contributed by atoms with Crippen LogP contribution < -0.4 is 15.4 Å². The fraction of sp³-hybridized carbons (Fsp3) is 0.379. The molecule has 0 spiro atoms. The molecule has 2 aromatic heterocycles. The maximum absolute atomic E-state index is 13.3. The van der Waals surface area contributed by atoms with Crippen LogP contribution in [0.25, 0.3) is 16.9 Å². The van der Waals surface area contributed by atoms with Crippen LogP contribution in [0.1, 0.15) is 38.8 Å². The van der Waals surface area contributed by atoms with E-state index in [9.17, 15) is 4.79 Å². The van der Waals surface area contributed by atoms with Gasteiger partial charge in [0.2, 0.25) is 5.91 Å². The van der Waals surface area contributed by atoms with Crippen molar-refractivity contribution in [1.82, 2.24) is 20.1 Å². The molecule has 1 aliphatic rings.